The van der Waals surface area contributed by atoms with Gasteiger partial charge in [0.15, 0.2) is 5.75 Å². The number of benzene rings is 5. The summed E-state index contributed by atoms with van der Waals surface area (Å²) in [6.07, 6.45) is 0. The summed E-state index contributed by atoms with van der Waals surface area (Å²) in [6.45, 7) is 6.21. The number of urea groups is 1. The zero-order valence-electron chi connectivity index (χ0n) is 30.2. The van der Waals surface area contributed by atoms with Crippen molar-refractivity contribution in [2.75, 3.05) is 35.4 Å². The van der Waals surface area contributed by atoms with Crippen molar-refractivity contribution in [2.45, 2.75) is 27.7 Å². The van der Waals surface area contributed by atoms with E-state index in [1.54, 1.807) is 61.5 Å². The lowest BCUT2D eigenvalue weighted by Gasteiger charge is -2.31. The number of non-ortho nitro benzene ring substituents is 1. The third-order valence-electron chi connectivity index (χ3n) is 9.16. The number of nitrogens with zero attached hydrogens (tertiary/aromatic N) is 4. The molecule has 6 rings (SSSR count). The molecule has 0 saturated carbocycles. The third kappa shape index (κ3) is 7.08. The molecule has 54 heavy (non-hydrogen) atoms. The van der Waals surface area contributed by atoms with Gasteiger partial charge in [0.05, 0.1) is 28.4 Å². The molecule has 1 aliphatic heterocycles. The van der Waals surface area contributed by atoms with Gasteiger partial charge in [-0.05, 0) is 62.2 Å². The van der Waals surface area contributed by atoms with Gasteiger partial charge in [-0.3, -0.25) is 34.4 Å². The number of fused-ring (bicyclic) bond motifs is 1. The molecule has 0 aliphatic carbocycles. The van der Waals surface area contributed by atoms with Crippen molar-refractivity contribution in [1.82, 2.24) is 5.01 Å². The second-order valence-electron chi connectivity index (χ2n) is 13.3. The number of rotatable bonds is 9. The summed E-state index contributed by atoms with van der Waals surface area (Å²) in [5.41, 5.74) is 0.904. The van der Waals surface area contributed by atoms with E-state index < -0.39 is 34.2 Å². The number of amides is 4. The molecule has 0 spiro atoms. The maximum absolute atomic E-state index is 14.4. The molecule has 1 unspecified atom stereocenters. The zero-order valence-corrected chi connectivity index (χ0v) is 30.2. The Morgan fingerprint density at radius 3 is 2.31 bits per heavy atom. The zero-order chi connectivity index (χ0) is 38.9. The average molecular weight is 732 g/mol. The Kier molecular flexibility index (Phi) is 9.94. The van der Waals surface area contributed by atoms with Gasteiger partial charge in [-0.15, -0.1) is 0 Å². The minimum Gasteiger partial charge on any atom is -0.506 e. The highest BCUT2D eigenvalue weighted by atomic mass is 16.6. The molecule has 1 aliphatic rings. The molecule has 1 atom stereocenters. The Hall–Kier alpha value is -6.96. The van der Waals surface area contributed by atoms with Crippen LogP contribution in [-0.2, 0) is 14.3 Å². The van der Waals surface area contributed by atoms with Crippen LogP contribution in [0.1, 0.15) is 35.3 Å². The van der Waals surface area contributed by atoms with Gasteiger partial charge >= 0.3 is 12.0 Å². The summed E-state index contributed by atoms with van der Waals surface area (Å²) in [4.78, 5) is 66.3. The number of hydrogen-bond acceptors (Lipinski definition) is 10. The standard InChI is InChI=1S/C40H37N5O9/c1-24-15-16-25(2)32(19-24)41-37(48)31-21-35(29-13-9-10-14-30(29)36(31)47)54-34-18-17-28(45(51)52)20-33(34)42(5)39(50)44-38(49)40(4,23-53-26(3)46)22-43(44)27-11-7-6-8-12-27/h6-21,47H,22-23H2,1-5H3,(H,41,48). The number of para-hydroxylation sites is 1. The number of nitro benzene ring substituents is 1. The van der Waals surface area contributed by atoms with Crippen LogP contribution in [0.15, 0.2) is 97.1 Å². The normalized spacial score (nSPS) is 15.2. The van der Waals surface area contributed by atoms with Crippen LogP contribution in [0.3, 0.4) is 0 Å². The molecule has 14 nitrogen and oxygen atoms in total. The van der Waals surface area contributed by atoms with Crippen molar-refractivity contribution in [3.05, 3.63) is 124 Å². The molecule has 0 radical (unpaired) electrons. The molecule has 0 bridgehead atoms. The topological polar surface area (TPSA) is 172 Å². The van der Waals surface area contributed by atoms with Gasteiger partial charge in [0, 0.05) is 42.6 Å². The SMILES string of the molecule is CC(=O)OCC1(C)CN(c2ccccc2)N(C(=O)N(C)c2cc([N+](=O)[O-])ccc2Oc2cc(C(=O)Nc3cc(C)ccc3C)c(O)c3ccccc23)C1=O. The average Bonchev–Trinajstić information content (AvgIpc) is 3.42. The fraction of sp³-hybridized carbons (Fsp3) is 0.200. The summed E-state index contributed by atoms with van der Waals surface area (Å²) in [5.74, 6) is -2.10. The van der Waals surface area contributed by atoms with Gasteiger partial charge in [-0.2, -0.15) is 5.01 Å². The first kappa shape index (κ1) is 36.8. The number of imide groups is 1. The van der Waals surface area contributed by atoms with Crippen LogP contribution in [0.4, 0.5) is 27.5 Å². The van der Waals surface area contributed by atoms with E-state index in [4.69, 9.17) is 9.47 Å². The molecule has 2 N–H and O–H groups in total. The quantitative estimate of drug-likeness (QED) is 0.0878. The van der Waals surface area contributed by atoms with E-state index in [0.29, 0.717) is 22.1 Å². The monoisotopic (exact) mass is 731 g/mol. The summed E-state index contributed by atoms with van der Waals surface area (Å²) in [5, 5.41) is 29.2. The smallest absolute Gasteiger partial charge is 0.350 e. The Balaban J connectivity index is 1.42. The molecule has 1 fully saturated rings. The summed E-state index contributed by atoms with van der Waals surface area (Å²) in [6, 6.07) is 25.0. The van der Waals surface area contributed by atoms with Crippen molar-refractivity contribution in [2.24, 2.45) is 5.41 Å². The first-order valence-corrected chi connectivity index (χ1v) is 16.9. The molecule has 0 aromatic heterocycles. The van der Waals surface area contributed by atoms with Crippen molar-refractivity contribution < 1.29 is 38.7 Å². The maximum atomic E-state index is 14.4. The van der Waals surface area contributed by atoms with E-state index >= 15 is 0 Å². The molecule has 14 heteroatoms. The predicted octanol–water partition coefficient (Wildman–Crippen LogP) is 7.50. The van der Waals surface area contributed by atoms with Gasteiger partial charge < -0.3 is 19.9 Å². The number of carbonyl (C=O) groups is 4. The molecule has 4 amide bonds. The van der Waals surface area contributed by atoms with E-state index in [-0.39, 0.29) is 47.3 Å². The van der Waals surface area contributed by atoms with Crippen molar-refractivity contribution in [3.63, 3.8) is 0 Å². The predicted molar refractivity (Wildman–Crippen MR) is 202 cm³/mol. The summed E-state index contributed by atoms with van der Waals surface area (Å²) >= 11 is 0. The lowest BCUT2D eigenvalue weighted by molar-refractivity contribution is -0.384. The van der Waals surface area contributed by atoms with Crippen molar-refractivity contribution in [1.29, 1.82) is 0 Å². The van der Waals surface area contributed by atoms with Crippen molar-refractivity contribution in [3.8, 4) is 17.2 Å². The molecule has 1 saturated heterocycles. The van der Waals surface area contributed by atoms with Gasteiger partial charge in [0.1, 0.15) is 23.5 Å². The second-order valence-corrected chi connectivity index (χ2v) is 13.3. The van der Waals surface area contributed by atoms with Crippen LogP contribution in [0, 0.1) is 29.4 Å². The number of nitrogens with one attached hydrogen (secondary N) is 1. The summed E-state index contributed by atoms with van der Waals surface area (Å²) < 4.78 is 11.6. The largest absolute Gasteiger partial charge is 0.506 e. The number of aromatic hydroxyl groups is 1. The van der Waals surface area contributed by atoms with Gasteiger partial charge in [-0.25, -0.2) is 4.79 Å². The molecule has 5 aromatic rings. The molecular formula is C40H37N5O9. The number of hydrogen-bond donors (Lipinski definition) is 2. The second kappa shape index (κ2) is 14.6. The number of phenols is 1. The van der Waals surface area contributed by atoms with Crippen LogP contribution < -0.4 is 20.0 Å². The highest BCUT2D eigenvalue weighted by Gasteiger charge is 2.52. The van der Waals surface area contributed by atoms with Crippen LogP contribution in [0.2, 0.25) is 0 Å². The lowest BCUT2D eigenvalue weighted by atomic mass is 9.92. The molecule has 276 valence electrons. The Labute approximate surface area is 310 Å². The van der Waals surface area contributed by atoms with Crippen LogP contribution >= 0.6 is 0 Å². The fourth-order valence-electron chi connectivity index (χ4n) is 6.18. The third-order valence-corrected chi connectivity index (χ3v) is 9.16. The van der Waals surface area contributed by atoms with Gasteiger partial charge in [0.2, 0.25) is 0 Å². The summed E-state index contributed by atoms with van der Waals surface area (Å²) in [7, 11) is 1.34. The Bertz CT molecular complexity index is 2330. The Morgan fingerprint density at radius 2 is 1.63 bits per heavy atom. The first-order valence-electron chi connectivity index (χ1n) is 16.9. The van der Waals surface area contributed by atoms with Gasteiger partial charge in [0.25, 0.3) is 17.5 Å². The number of anilines is 3. The van der Waals surface area contributed by atoms with E-state index in [1.807, 2.05) is 32.0 Å². The first-order chi connectivity index (χ1) is 25.7. The number of nitro groups is 1. The van der Waals surface area contributed by atoms with Crippen molar-refractivity contribution >= 4 is 57.3 Å². The molecule has 5 aromatic carbocycles. The maximum Gasteiger partial charge on any atom is 0.350 e. The number of esters is 1. The van der Waals surface area contributed by atoms with E-state index in [9.17, 15) is 34.4 Å². The van der Waals surface area contributed by atoms with Crippen LogP contribution in [-0.4, -0.2) is 59.1 Å². The highest BCUT2D eigenvalue weighted by molar-refractivity contribution is 6.12. The number of phenolic OH excluding ortho intramolecular Hbond substituents is 1. The Morgan fingerprint density at radius 1 is 0.944 bits per heavy atom. The van der Waals surface area contributed by atoms with Crippen LogP contribution in [0.25, 0.3) is 10.8 Å². The highest BCUT2D eigenvalue weighted by Crippen LogP contribution is 2.43. The fourth-order valence-corrected chi connectivity index (χ4v) is 6.18. The van der Waals surface area contributed by atoms with Crippen LogP contribution in [0.5, 0.6) is 17.2 Å². The minimum absolute atomic E-state index is 0.0204. The van der Waals surface area contributed by atoms with Gasteiger partial charge in [-0.1, -0.05) is 54.6 Å². The van der Waals surface area contributed by atoms with E-state index in [2.05, 4.69) is 5.32 Å². The van der Waals surface area contributed by atoms with E-state index in [0.717, 1.165) is 27.1 Å². The minimum atomic E-state index is -1.32. The number of aryl methyl sites for hydroxylation is 2. The lowest BCUT2D eigenvalue weighted by Crippen LogP contribution is -2.50. The molecule has 1 heterocycles. The number of carbonyl (C=O) groups excluding carboxylic acids is 4. The van der Waals surface area contributed by atoms with E-state index in [1.165, 1.54) is 37.2 Å². The molecular weight excluding hydrogens is 694 g/mol. The number of ether oxygens (including phenoxy) is 2. The number of hydrazine groups is 1.